The van der Waals surface area contributed by atoms with E-state index in [2.05, 4.69) is 37.9 Å². The van der Waals surface area contributed by atoms with Gasteiger partial charge in [-0.15, -0.1) is 0 Å². The van der Waals surface area contributed by atoms with Crippen LogP contribution in [-0.2, 0) is 0 Å². The highest BCUT2D eigenvalue weighted by atomic mass is 16.3. The van der Waals surface area contributed by atoms with E-state index in [-0.39, 0.29) is 6.04 Å². The average Bonchev–Trinajstić information content (AvgIpc) is 2.50. The van der Waals surface area contributed by atoms with Crippen LogP contribution in [-0.4, -0.2) is 35.7 Å². The summed E-state index contributed by atoms with van der Waals surface area (Å²) >= 11 is 0. The predicted molar refractivity (Wildman–Crippen MR) is 90.8 cm³/mol. The standard InChI is InChI=1S/C18H32N2O/c1-5-17(16-12-8-9-13-18(16)21)19-15(4)11-10-14-20(6-2)7-3/h8-9,12-13,15,17,19,21H,5-7,10-11,14H2,1-4H3. The van der Waals surface area contributed by atoms with Gasteiger partial charge in [0.2, 0.25) is 0 Å². The molecule has 3 heteroatoms. The maximum Gasteiger partial charge on any atom is 0.120 e. The van der Waals surface area contributed by atoms with Crippen LogP contribution in [0.4, 0.5) is 0 Å². The van der Waals surface area contributed by atoms with Crippen LogP contribution in [0.5, 0.6) is 5.75 Å². The summed E-state index contributed by atoms with van der Waals surface area (Å²) in [5.41, 5.74) is 1.01. The molecule has 2 N–H and O–H groups in total. The van der Waals surface area contributed by atoms with Gasteiger partial charge in [-0.3, -0.25) is 0 Å². The van der Waals surface area contributed by atoms with E-state index >= 15 is 0 Å². The lowest BCUT2D eigenvalue weighted by Crippen LogP contribution is -2.32. The first-order valence-corrected chi connectivity index (χ1v) is 8.38. The first-order valence-electron chi connectivity index (χ1n) is 8.38. The third-order valence-electron chi connectivity index (χ3n) is 4.21. The van der Waals surface area contributed by atoms with Gasteiger partial charge in [0.1, 0.15) is 5.75 Å². The molecule has 0 aromatic heterocycles. The van der Waals surface area contributed by atoms with Crippen molar-refractivity contribution < 1.29 is 5.11 Å². The van der Waals surface area contributed by atoms with E-state index in [1.807, 2.05) is 18.2 Å². The Morgan fingerprint density at radius 3 is 2.38 bits per heavy atom. The van der Waals surface area contributed by atoms with Crippen LogP contribution in [0.3, 0.4) is 0 Å². The lowest BCUT2D eigenvalue weighted by Gasteiger charge is -2.24. The molecular formula is C18H32N2O. The van der Waals surface area contributed by atoms with E-state index in [0.717, 1.165) is 25.1 Å². The molecule has 2 unspecified atom stereocenters. The summed E-state index contributed by atoms with van der Waals surface area (Å²) < 4.78 is 0. The topological polar surface area (TPSA) is 35.5 Å². The van der Waals surface area contributed by atoms with Gasteiger partial charge in [0.05, 0.1) is 0 Å². The highest BCUT2D eigenvalue weighted by Crippen LogP contribution is 2.26. The number of nitrogens with zero attached hydrogens (tertiary/aromatic N) is 1. The van der Waals surface area contributed by atoms with Crippen LogP contribution in [0, 0.1) is 0 Å². The zero-order chi connectivity index (χ0) is 15.7. The molecule has 1 rings (SSSR count). The molecule has 0 aliphatic carbocycles. The fraction of sp³-hybridized carbons (Fsp3) is 0.667. The molecule has 0 fully saturated rings. The van der Waals surface area contributed by atoms with E-state index in [0.29, 0.717) is 11.8 Å². The number of phenols is 1. The molecule has 0 bridgehead atoms. The van der Waals surface area contributed by atoms with Crippen molar-refractivity contribution in [1.29, 1.82) is 0 Å². The average molecular weight is 292 g/mol. The first kappa shape index (κ1) is 18.0. The van der Waals surface area contributed by atoms with Crippen LogP contribution >= 0.6 is 0 Å². The van der Waals surface area contributed by atoms with Crippen molar-refractivity contribution >= 4 is 0 Å². The number of aromatic hydroxyl groups is 1. The lowest BCUT2D eigenvalue weighted by atomic mass is 10.0. The number of benzene rings is 1. The number of nitrogens with one attached hydrogen (secondary N) is 1. The van der Waals surface area contributed by atoms with Gasteiger partial charge in [-0.05, 0) is 51.9 Å². The SMILES string of the molecule is CCC(NC(C)CCCN(CC)CC)c1ccccc1O. The Morgan fingerprint density at radius 2 is 1.81 bits per heavy atom. The molecule has 0 amide bonds. The summed E-state index contributed by atoms with van der Waals surface area (Å²) in [6.07, 6.45) is 3.37. The summed E-state index contributed by atoms with van der Waals surface area (Å²) in [5, 5.41) is 13.6. The summed E-state index contributed by atoms with van der Waals surface area (Å²) in [6, 6.07) is 8.34. The maximum atomic E-state index is 9.99. The van der Waals surface area contributed by atoms with Crippen molar-refractivity contribution in [3.05, 3.63) is 29.8 Å². The van der Waals surface area contributed by atoms with Crippen LogP contribution in [0.15, 0.2) is 24.3 Å². The van der Waals surface area contributed by atoms with Crippen LogP contribution in [0.25, 0.3) is 0 Å². The molecule has 0 spiro atoms. The van der Waals surface area contributed by atoms with Crippen LogP contribution in [0.2, 0.25) is 0 Å². The Kier molecular flexibility index (Phi) is 8.40. The van der Waals surface area contributed by atoms with E-state index in [1.165, 1.54) is 19.4 Å². The zero-order valence-corrected chi connectivity index (χ0v) is 14.1. The van der Waals surface area contributed by atoms with Crippen molar-refractivity contribution in [3.63, 3.8) is 0 Å². The second-order valence-electron chi connectivity index (χ2n) is 5.76. The quantitative estimate of drug-likeness (QED) is 0.685. The van der Waals surface area contributed by atoms with Crippen molar-refractivity contribution in [1.82, 2.24) is 10.2 Å². The second kappa shape index (κ2) is 9.80. The van der Waals surface area contributed by atoms with Gasteiger partial charge in [0.15, 0.2) is 0 Å². The Bertz CT molecular complexity index is 391. The number of phenolic OH excluding ortho intramolecular Hbond substituents is 1. The van der Waals surface area contributed by atoms with Gasteiger partial charge in [0, 0.05) is 17.6 Å². The summed E-state index contributed by atoms with van der Waals surface area (Å²) in [6.45, 7) is 12.3. The second-order valence-corrected chi connectivity index (χ2v) is 5.76. The van der Waals surface area contributed by atoms with E-state index in [1.54, 1.807) is 6.07 Å². The van der Waals surface area contributed by atoms with E-state index in [4.69, 9.17) is 0 Å². The molecule has 0 radical (unpaired) electrons. The number of para-hydroxylation sites is 1. The van der Waals surface area contributed by atoms with Gasteiger partial charge < -0.3 is 15.3 Å². The minimum Gasteiger partial charge on any atom is -0.508 e. The maximum absolute atomic E-state index is 9.99. The lowest BCUT2D eigenvalue weighted by molar-refractivity contribution is 0.287. The molecule has 0 saturated carbocycles. The normalized spacial score (nSPS) is 14.3. The fourth-order valence-corrected chi connectivity index (χ4v) is 2.80. The monoisotopic (exact) mass is 292 g/mol. The first-order chi connectivity index (χ1) is 10.1. The van der Waals surface area contributed by atoms with Gasteiger partial charge in [-0.2, -0.15) is 0 Å². The highest BCUT2D eigenvalue weighted by molar-refractivity contribution is 5.34. The third-order valence-corrected chi connectivity index (χ3v) is 4.21. The predicted octanol–water partition coefficient (Wildman–Crippen LogP) is 3.94. The zero-order valence-electron chi connectivity index (χ0n) is 14.1. The molecule has 120 valence electrons. The molecule has 1 aromatic carbocycles. The Balaban J connectivity index is 2.45. The van der Waals surface area contributed by atoms with Crippen molar-refractivity contribution in [2.45, 2.75) is 59.0 Å². The molecule has 2 atom stereocenters. The molecule has 0 aliphatic heterocycles. The summed E-state index contributed by atoms with van der Waals surface area (Å²) in [5.74, 6) is 0.396. The largest absolute Gasteiger partial charge is 0.508 e. The van der Waals surface area contributed by atoms with E-state index in [9.17, 15) is 5.11 Å². The van der Waals surface area contributed by atoms with Gasteiger partial charge in [0.25, 0.3) is 0 Å². The number of rotatable bonds is 10. The molecule has 3 nitrogen and oxygen atoms in total. The number of hydrogen-bond donors (Lipinski definition) is 2. The minimum absolute atomic E-state index is 0.231. The Morgan fingerprint density at radius 1 is 1.14 bits per heavy atom. The molecule has 0 heterocycles. The summed E-state index contributed by atoms with van der Waals surface area (Å²) in [4.78, 5) is 2.47. The molecule has 0 aliphatic rings. The Hall–Kier alpha value is -1.06. The minimum atomic E-state index is 0.231. The fourth-order valence-electron chi connectivity index (χ4n) is 2.80. The molecular weight excluding hydrogens is 260 g/mol. The van der Waals surface area contributed by atoms with Crippen LogP contribution in [0.1, 0.15) is 58.6 Å². The van der Waals surface area contributed by atoms with Gasteiger partial charge in [-0.25, -0.2) is 0 Å². The Labute approximate surface area is 130 Å². The summed E-state index contributed by atoms with van der Waals surface area (Å²) in [7, 11) is 0. The van der Waals surface area contributed by atoms with Gasteiger partial charge in [-0.1, -0.05) is 39.0 Å². The van der Waals surface area contributed by atoms with Crippen molar-refractivity contribution in [2.24, 2.45) is 0 Å². The van der Waals surface area contributed by atoms with Gasteiger partial charge >= 0.3 is 0 Å². The number of hydrogen-bond acceptors (Lipinski definition) is 3. The van der Waals surface area contributed by atoms with Crippen molar-refractivity contribution in [3.8, 4) is 5.75 Å². The molecule has 0 saturated heterocycles. The highest BCUT2D eigenvalue weighted by Gasteiger charge is 2.15. The molecule has 21 heavy (non-hydrogen) atoms. The van der Waals surface area contributed by atoms with Crippen LogP contribution < -0.4 is 5.32 Å². The third kappa shape index (κ3) is 6.06. The smallest absolute Gasteiger partial charge is 0.120 e. The molecule has 1 aromatic rings. The van der Waals surface area contributed by atoms with E-state index < -0.39 is 0 Å². The van der Waals surface area contributed by atoms with Crippen molar-refractivity contribution in [2.75, 3.05) is 19.6 Å².